The minimum Gasteiger partial charge on any atom is -0.481 e. The molecule has 0 spiro atoms. The fraction of sp³-hybridized carbons (Fsp3) is 0.727. The summed E-state index contributed by atoms with van der Waals surface area (Å²) in [6, 6.07) is 0. The van der Waals surface area contributed by atoms with Crippen molar-refractivity contribution in [3.8, 4) is 0 Å². The molecule has 1 heterocycles. The maximum atomic E-state index is 10.5. The lowest BCUT2D eigenvalue weighted by Crippen LogP contribution is -2.13. The first kappa shape index (κ1) is 11.1. The van der Waals surface area contributed by atoms with Gasteiger partial charge in [-0.15, -0.1) is 0 Å². The van der Waals surface area contributed by atoms with Gasteiger partial charge in [-0.3, -0.25) is 4.79 Å². The van der Waals surface area contributed by atoms with Gasteiger partial charge >= 0.3 is 5.97 Å². The minimum absolute atomic E-state index is 0.128. The third-order valence-corrected chi connectivity index (χ3v) is 3.16. The summed E-state index contributed by atoms with van der Waals surface area (Å²) in [6.45, 7) is 0.898. The Morgan fingerprint density at radius 1 is 1.50 bits per heavy atom. The van der Waals surface area contributed by atoms with Crippen LogP contribution in [0.1, 0.15) is 37.9 Å². The smallest absolute Gasteiger partial charge is 0.303 e. The third kappa shape index (κ3) is 2.81. The van der Waals surface area contributed by atoms with Gasteiger partial charge in [-0.1, -0.05) is 12.8 Å². The summed E-state index contributed by atoms with van der Waals surface area (Å²) in [5.41, 5.74) is 0. The molecule has 0 radical (unpaired) electrons. The highest BCUT2D eigenvalue weighted by Crippen LogP contribution is 2.26. The summed E-state index contributed by atoms with van der Waals surface area (Å²) >= 11 is 0. The highest BCUT2D eigenvalue weighted by Gasteiger charge is 2.17. The van der Waals surface area contributed by atoms with E-state index in [-0.39, 0.29) is 6.42 Å². The van der Waals surface area contributed by atoms with Crippen molar-refractivity contribution in [3.05, 3.63) is 12.2 Å². The van der Waals surface area contributed by atoms with Crippen molar-refractivity contribution in [2.24, 2.45) is 5.92 Å². The lowest BCUT2D eigenvalue weighted by Gasteiger charge is -2.10. The van der Waals surface area contributed by atoms with E-state index in [1.54, 1.807) is 0 Å². The van der Waals surface area contributed by atoms with Crippen LogP contribution >= 0.6 is 0 Å². The van der Waals surface area contributed by atoms with E-state index in [0.29, 0.717) is 12.3 Å². The molecular weight excluding hydrogens is 206 g/mol. The molecule has 1 saturated carbocycles. The van der Waals surface area contributed by atoms with Crippen molar-refractivity contribution < 1.29 is 9.90 Å². The molecule has 1 aliphatic carbocycles. The van der Waals surface area contributed by atoms with E-state index in [9.17, 15) is 4.79 Å². The average molecular weight is 223 g/mol. The van der Waals surface area contributed by atoms with Crippen LogP contribution < -0.4 is 0 Å². The summed E-state index contributed by atoms with van der Waals surface area (Å²) in [4.78, 5) is 14.6. The molecule has 0 amide bonds. The van der Waals surface area contributed by atoms with E-state index >= 15 is 0 Å². The van der Waals surface area contributed by atoms with E-state index in [4.69, 9.17) is 5.11 Å². The molecule has 0 bridgehead atoms. The number of carboxylic acids is 1. The number of aryl methyl sites for hydroxylation is 1. The summed E-state index contributed by atoms with van der Waals surface area (Å²) < 4.78 is 1.87. The van der Waals surface area contributed by atoms with Gasteiger partial charge in [-0.2, -0.15) is 5.10 Å². The van der Waals surface area contributed by atoms with E-state index in [2.05, 4.69) is 10.1 Å². The summed E-state index contributed by atoms with van der Waals surface area (Å²) in [5.74, 6) is 0.718. The predicted octanol–water partition coefficient (Wildman–Crippen LogP) is 1.49. The average Bonchev–Trinajstić information content (AvgIpc) is 2.87. The van der Waals surface area contributed by atoms with Crippen molar-refractivity contribution >= 4 is 5.97 Å². The van der Waals surface area contributed by atoms with Crippen molar-refractivity contribution in [2.75, 3.05) is 0 Å². The van der Waals surface area contributed by atoms with Crippen LogP contribution in [0.2, 0.25) is 0 Å². The topological polar surface area (TPSA) is 68.0 Å². The third-order valence-electron chi connectivity index (χ3n) is 3.16. The van der Waals surface area contributed by atoms with Crippen LogP contribution in [-0.4, -0.2) is 25.8 Å². The van der Waals surface area contributed by atoms with Gasteiger partial charge in [0, 0.05) is 13.0 Å². The Morgan fingerprint density at radius 2 is 2.25 bits per heavy atom. The Hall–Kier alpha value is -1.39. The number of hydrogen-bond donors (Lipinski definition) is 1. The number of carbonyl (C=O) groups is 1. The van der Waals surface area contributed by atoms with Gasteiger partial charge in [0.2, 0.25) is 0 Å². The molecule has 0 aromatic carbocycles. The second kappa shape index (κ2) is 5.09. The molecule has 0 atom stereocenters. The van der Waals surface area contributed by atoms with Crippen LogP contribution in [0.15, 0.2) is 6.33 Å². The number of rotatable bonds is 5. The van der Waals surface area contributed by atoms with E-state index in [1.807, 2.05) is 4.68 Å². The Kier molecular flexibility index (Phi) is 3.54. The van der Waals surface area contributed by atoms with Gasteiger partial charge in [0.15, 0.2) is 0 Å². The molecule has 1 fully saturated rings. The van der Waals surface area contributed by atoms with Gasteiger partial charge < -0.3 is 5.11 Å². The molecule has 2 rings (SSSR count). The maximum Gasteiger partial charge on any atom is 0.303 e. The van der Waals surface area contributed by atoms with Gasteiger partial charge in [-0.05, 0) is 18.8 Å². The number of aliphatic carboxylic acids is 1. The second-order valence-corrected chi connectivity index (χ2v) is 4.40. The zero-order valence-electron chi connectivity index (χ0n) is 9.30. The number of nitrogens with zero attached hydrogens (tertiary/aromatic N) is 3. The van der Waals surface area contributed by atoms with E-state index in [1.165, 1.54) is 32.0 Å². The molecule has 0 saturated heterocycles. The molecule has 88 valence electrons. The summed E-state index contributed by atoms with van der Waals surface area (Å²) in [5, 5.41) is 12.8. The molecule has 5 nitrogen and oxygen atoms in total. The van der Waals surface area contributed by atoms with Gasteiger partial charge in [0.05, 0.1) is 6.42 Å². The highest BCUT2D eigenvalue weighted by molar-refractivity contribution is 5.66. The molecular formula is C11H17N3O2. The van der Waals surface area contributed by atoms with Crippen LogP contribution in [0, 0.1) is 5.92 Å². The van der Waals surface area contributed by atoms with E-state index in [0.717, 1.165) is 12.4 Å². The molecule has 1 aromatic heterocycles. The highest BCUT2D eigenvalue weighted by atomic mass is 16.4. The van der Waals surface area contributed by atoms with Crippen LogP contribution in [0.3, 0.4) is 0 Å². The molecule has 1 aliphatic rings. The Balaban J connectivity index is 1.92. The molecule has 5 heteroatoms. The zero-order valence-corrected chi connectivity index (χ0v) is 9.30. The summed E-state index contributed by atoms with van der Waals surface area (Å²) in [6.07, 6.45) is 7.27. The molecule has 16 heavy (non-hydrogen) atoms. The molecule has 1 N–H and O–H groups in total. The van der Waals surface area contributed by atoms with Crippen molar-refractivity contribution in [1.29, 1.82) is 0 Å². The van der Waals surface area contributed by atoms with Gasteiger partial charge in [-0.25, -0.2) is 9.67 Å². The van der Waals surface area contributed by atoms with Crippen LogP contribution in [0.4, 0.5) is 0 Å². The lowest BCUT2D eigenvalue weighted by atomic mass is 10.1. The largest absolute Gasteiger partial charge is 0.481 e. The quantitative estimate of drug-likeness (QED) is 0.821. The normalized spacial score (nSPS) is 16.8. The molecule has 0 unspecified atom stereocenters. The Morgan fingerprint density at radius 3 is 2.94 bits per heavy atom. The minimum atomic E-state index is -0.782. The standard InChI is InChI=1S/C11H17N3O2/c15-11(16)6-5-10-12-8-13-14(10)7-9-3-1-2-4-9/h8-9H,1-7H2,(H,15,16). The van der Waals surface area contributed by atoms with Gasteiger partial charge in [0.25, 0.3) is 0 Å². The first-order valence-electron chi connectivity index (χ1n) is 5.84. The van der Waals surface area contributed by atoms with Gasteiger partial charge in [0.1, 0.15) is 12.2 Å². The monoisotopic (exact) mass is 223 g/mol. The van der Waals surface area contributed by atoms with Crippen molar-refractivity contribution in [3.63, 3.8) is 0 Å². The van der Waals surface area contributed by atoms with Crippen molar-refractivity contribution in [1.82, 2.24) is 14.8 Å². The molecule has 0 aliphatic heterocycles. The number of aromatic nitrogens is 3. The molecule has 1 aromatic rings. The van der Waals surface area contributed by atoms with E-state index < -0.39 is 5.97 Å². The summed E-state index contributed by atoms with van der Waals surface area (Å²) in [7, 11) is 0. The zero-order chi connectivity index (χ0) is 11.4. The van der Waals surface area contributed by atoms with Crippen LogP contribution in [-0.2, 0) is 17.8 Å². The first-order valence-corrected chi connectivity index (χ1v) is 5.84. The number of hydrogen-bond acceptors (Lipinski definition) is 3. The predicted molar refractivity (Wildman–Crippen MR) is 57.9 cm³/mol. The Labute approximate surface area is 94.5 Å². The van der Waals surface area contributed by atoms with Crippen LogP contribution in [0.5, 0.6) is 0 Å². The maximum absolute atomic E-state index is 10.5. The number of carboxylic acid groups (broad SMARTS) is 1. The fourth-order valence-corrected chi connectivity index (χ4v) is 2.29. The van der Waals surface area contributed by atoms with Crippen LogP contribution in [0.25, 0.3) is 0 Å². The fourth-order valence-electron chi connectivity index (χ4n) is 2.29. The lowest BCUT2D eigenvalue weighted by molar-refractivity contribution is -0.137. The van der Waals surface area contributed by atoms with Crippen molar-refractivity contribution in [2.45, 2.75) is 45.1 Å². The Bertz CT molecular complexity index is 356. The second-order valence-electron chi connectivity index (χ2n) is 4.40. The SMILES string of the molecule is O=C(O)CCc1ncnn1CC1CCCC1. The first-order chi connectivity index (χ1) is 7.75.